The van der Waals surface area contributed by atoms with Crippen molar-refractivity contribution in [2.24, 2.45) is 11.7 Å². The lowest BCUT2D eigenvalue weighted by atomic mass is 9.98. The summed E-state index contributed by atoms with van der Waals surface area (Å²) in [6.45, 7) is 5.27. The fraction of sp³-hybridized carbons (Fsp3) is 0.174. The lowest BCUT2D eigenvalue weighted by Crippen LogP contribution is -2.20. The monoisotopic (exact) mass is 503 g/mol. The number of halogens is 3. The maximum Gasteiger partial charge on any atom is 0.220 e. The number of carbonyl (C=O) groups excluding carboxylic acids is 1. The van der Waals surface area contributed by atoms with Crippen molar-refractivity contribution in [3.63, 3.8) is 0 Å². The minimum absolute atomic E-state index is 0.0151. The Morgan fingerprint density at radius 1 is 1.41 bits per heavy atom. The van der Waals surface area contributed by atoms with Crippen molar-refractivity contribution in [1.29, 1.82) is 5.41 Å². The van der Waals surface area contributed by atoms with E-state index in [0.29, 0.717) is 12.8 Å². The molecule has 0 unspecified atom stereocenters. The first kappa shape index (κ1) is 25.1. The summed E-state index contributed by atoms with van der Waals surface area (Å²) >= 11 is 11.8. The first-order valence-electron chi connectivity index (χ1n) is 10.0. The summed E-state index contributed by atoms with van der Waals surface area (Å²) < 4.78 is 21.9. The molecule has 0 aliphatic rings. The van der Waals surface area contributed by atoms with Gasteiger partial charge in [0, 0.05) is 17.6 Å². The molecule has 1 amide bonds. The van der Waals surface area contributed by atoms with Crippen LogP contribution in [0.15, 0.2) is 58.6 Å². The Morgan fingerprint density at radius 3 is 2.74 bits per heavy atom. The molecule has 0 radical (unpaired) electrons. The van der Waals surface area contributed by atoms with Gasteiger partial charge in [0.25, 0.3) is 0 Å². The molecule has 1 atom stereocenters. The molecule has 0 saturated heterocycles. The number of hydrogen-bond acceptors (Lipinski definition) is 6. The van der Waals surface area contributed by atoms with Gasteiger partial charge in [0.15, 0.2) is 16.4 Å². The summed E-state index contributed by atoms with van der Waals surface area (Å²) in [5.41, 5.74) is 5.17. The van der Waals surface area contributed by atoms with E-state index >= 15 is 4.39 Å². The maximum atomic E-state index is 15.0. The van der Waals surface area contributed by atoms with Gasteiger partial charge in [-0.2, -0.15) is 0 Å². The van der Waals surface area contributed by atoms with Crippen molar-refractivity contribution in [3.05, 3.63) is 81.2 Å². The van der Waals surface area contributed by atoms with E-state index in [-0.39, 0.29) is 50.0 Å². The lowest BCUT2D eigenvalue weighted by molar-refractivity contribution is -0.121. The largest absolute Gasteiger partial charge is 0.463 e. The van der Waals surface area contributed by atoms with Crippen LogP contribution in [0.25, 0.3) is 22.6 Å². The molecule has 0 spiro atoms. The molecule has 0 saturated carbocycles. The molecule has 3 N–H and O–H groups in total. The Labute approximate surface area is 204 Å². The van der Waals surface area contributed by atoms with Crippen LogP contribution in [0.3, 0.4) is 0 Å². The predicted octanol–water partition coefficient (Wildman–Crippen LogP) is 4.82. The molecule has 176 valence electrons. The summed E-state index contributed by atoms with van der Waals surface area (Å²) in [6, 6.07) is 3.91. The molecule has 1 aromatic carbocycles. The zero-order chi connectivity index (χ0) is 25.0. The molecular formula is C23H20Cl2FN5O3. The van der Waals surface area contributed by atoms with E-state index in [9.17, 15) is 9.59 Å². The fourth-order valence-electron chi connectivity index (χ4n) is 3.16. The van der Waals surface area contributed by atoms with E-state index in [4.69, 9.17) is 38.8 Å². The Morgan fingerprint density at radius 2 is 2.15 bits per heavy atom. The van der Waals surface area contributed by atoms with Crippen molar-refractivity contribution in [1.82, 2.24) is 15.0 Å². The number of rotatable bonds is 9. The van der Waals surface area contributed by atoms with Crippen molar-refractivity contribution in [3.8, 4) is 17.0 Å². The van der Waals surface area contributed by atoms with E-state index in [1.54, 1.807) is 13.0 Å². The Hall–Kier alpha value is -3.56. The quantitative estimate of drug-likeness (QED) is 0.404. The number of aromatic nitrogens is 3. The first-order chi connectivity index (χ1) is 16.1. The minimum Gasteiger partial charge on any atom is -0.463 e. The van der Waals surface area contributed by atoms with Crippen LogP contribution in [0, 0.1) is 17.1 Å². The van der Waals surface area contributed by atoms with Crippen molar-refractivity contribution < 1.29 is 13.6 Å². The number of carbonyl (C=O) groups is 1. The Balaban J connectivity index is 2.07. The van der Waals surface area contributed by atoms with Crippen LogP contribution < -0.4 is 11.2 Å². The zero-order valence-corrected chi connectivity index (χ0v) is 19.5. The molecule has 0 bridgehead atoms. The summed E-state index contributed by atoms with van der Waals surface area (Å²) in [5.74, 6) is -1.74. The van der Waals surface area contributed by atoms with Crippen molar-refractivity contribution in [2.45, 2.75) is 19.8 Å². The smallest absolute Gasteiger partial charge is 0.220 e. The third-order valence-corrected chi connectivity index (χ3v) is 5.55. The summed E-state index contributed by atoms with van der Waals surface area (Å²) in [5, 5.41) is 15.6. The lowest BCUT2D eigenvalue weighted by Gasteiger charge is -2.12. The van der Waals surface area contributed by atoms with Gasteiger partial charge in [-0.3, -0.25) is 9.59 Å². The molecule has 0 aliphatic carbocycles. The molecule has 3 rings (SSSR count). The standard InChI is InChI=1S/C23H20Cl2FN5O3/c1-3-16(27)13(6-4-5-12(2)23(28)33)14-11-34-19(9-18(14)32)21-17(8-7-15(24)22(21)26)31-10-20(25)29-30-31/h3,6-12,27H,1,4-5H2,2H3,(H2,28,33)/b13-6-,27-16?/t12-/m1/s1. The average Bonchev–Trinajstić information content (AvgIpc) is 3.24. The first-order valence-corrected chi connectivity index (χ1v) is 10.8. The third-order valence-electron chi connectivity index (χ3n) is 5.08. The van der Waals surface area contributed by atoms with Gasteiger partial charge >= 0.3 is 0 Å². The minimum atomic E-state index is -0.822. The molecule has 8 nitrogen and oxygen atoms in total. The highest BCUT2D eigenvalue weighted by molar-refractivity contribution is 6.31. The SMILES string of the molecule is C=CC(=N)/C(=C\CC[C@@H](C)C(N)=O)c1coc(-c2c(-n3cc(Cl)nn3)ccc(Cl)c2F)cc1=O. The van der Waals surface area contributed by atoms with Crippen LogP contribution in [0.5, 0.6) is 0 Å². The molecule has 34 heavy (non-hydrogen) atoms. The molecule has 0 fully saturated rings. The Kier molecular flexibility index (Phi) is 7.80. The van der Waals surface area contributed by atoms with E-state index < -0.39 is 17.2 Å². The van der Waals surface area contributed by atoms with Gasteiger partial charge in [-0.1, -0.05) is 48.0 Å². The van der Waals surface area contributed by atoms with Gasteiger partial charge in [0.05, 0.1) is 33.7 Å². The summed E-state index contributed by atoms with van der Waals surface area (Å²) in [6.07, 6.45) is 6.23. The van der Waals surface area contributed by atoms with E-state index in [2.05, 4.69) is 16.9 Å². The number of amides is 1. The van der Waals surface area contributed by atoms with E-state index in [1.165, 1.54) is 29.1 Å². The maximum absolute atomic E-state index is 15.0. The molecule has 3 aromatic rings. The summed E-state index contributed by atoms with van der Waals surface area (Å²) in [7, 11) is 0. The van der Waals surface area contributed by atoms with Crippen molar-refractivity contribution in [2.75, 3.05) is 0 Å². The molecule has 2 aromatic heterocycles. The summed E-state index contributed by atoms with van der Waals surface area (Å²) in [4.78, 5) is 24.3. The molecule has 0 aliphatic heterocycles. The van der Waals surface area contributed by atoms with Crippen LogP contribution >= 0.6 is 23.2 Å². The number of benzene rings is 1. The van der Waals surface area contributed by atoms with Gasteiger partial charge in [0.1, 0.15) is 12.0 Å². The number of primary amides is 1. The van der Waals surface area contributed by atoms with Gasteiger partial charge in [-0.15, -0.1) is 5.10 Å². The number of nitrogens with one attached hydrogen (secondary N) is 1. The second-order valence-electron chi connectivity index (χ2n) is 7.38. The predicted molar refractivity (Wildman–Crippen MR) is 129 cm³/mol. The Bertz CT molecular complexity index is 1360. The fourth-order valence-corrected chi connectivity index (χ4v) is 3.44. The van der Waals surface area contributed by atoms with Crippen LogP contribution in [0.2, 0.25) is 10.2 Å². The van der Waals surface area contributed by atoms with Gasteiger partial charge < -0.3 is 15.6 Å². The van der Waals surface area contributed by atoms with Crippen LogP contribution in [0.4, 0.5) is 4.39 Å². The van der Waals surface area contributed by atoms with Gasteiger partial charge in [0.2, 0.25) is 5.91 Å². The molecule has 2 heterocycles. The number of allylic oxidation sites excluding steroid dienone is 3. The average molecular weight is 504 g/mol. The highest BCUT2D eigenvalue weighted by Gasteiger charge is 2.21. The zero-order valence-electron chi connectivity index (χ0n) is 18.0. The number of nitrogens with zero attached hydrogens (tertiary/aromatic N) is 3. The number of nitrogens with two attached hydrogens (primary N) is 1. The normalized spacial score (nSPS) is 12.4. The highest BCUT2D eigenvalue weighted by Crippen LogP contribution is 2.33. The van der Waals surface area contributed by atoms with E-state index in [0.717, 1.165) is 12.3 Å². The highest BCUT2D eigenvalue weighted by atomic mass is 35.5. The number of hydrogen-bond donors (Lipinski definition) is 2. The second kappa shape index (κ2) is 10.6. The molecular weight excluding hydrogens is 484 g/mol. The van der Waals surface area contributed by atoms with Crippen LogP contribution in [-0.2, 0) is 4.79 Å². The third kappa shape index (κ3) is 5.32. The second-order valence-corrected chi connectivity index (χ2v) is 8.17. The topological polar surface area (TPSA) is 128 Å². The molecule has 11 heteroatoms. The van der Waals surface area contributed by atoms with Gasteiger partial charge in [-0.05, 0) is 31.1 Å². The van der Waals surface area contributed by atoms with Crippen LogP contribution in [0.1, 0.15) is 25.3 Å². The van der Waals surface area contributed by atoms with Crippen LogP contribution in [-0.4, -0.2) is 26.6 Å². The van der Waals surface area contributed by atoms with Gasteiger partial charge in [-0.25, -0.2) is 9.07 Å². The van der Waals surface area contributed by atoms with E-state index in [1.807, 2.05) is 0 Å². The van der Waals surface area contributed by atoms with Crippen molar-refractivity contribution >= 4 is 40.4 Å².